The van der Waals surface area contributed by atoms with Gasteiger partial charge in [-0.2, -0.15) is 0 Å². The minimum atomic E-state index is -0.507. The molecule has 6 heteroatoms. The maximum atomic E-state index is 13.5. The lowest BCUT2D eigenvalue weighted by molar-refractivity contribution is -0.384. The van der Waals surface area contributed by atoms with Gasteiger partial charge in [0.2, 0.25) is 0 Å². The van der Waals surface area contributed by atoms with Crippen molar-refractivity contribution in [3.8, 4) is 5.75 Å². The van der Waals surface area contributed by atoms with Gasteiger partial charge in [-0.15, -0.1) is 0 Å². The Morgan fingerprint density at radius 3 is 2.79 bits per heavy atom. The molecule has 0 spiro atoms. The summed E-state index contributed by atoms with van der Waals surface area (Å²) in [6.45, 7) is 0.00639. The van der Waals surface area contributed by atoms with E-state index in [4.69, 9.17) is 4.74 Å². The van der Waals surface area contributed by atoms with Crippen molar-refractivity contribution in [2.45, 2.75) is 6.61 Å². The predicted octanol–water partition coefficient (Wildman–Crippen LogP) is 4.08. The van der Waals surface area contributed by atoms with Crippen molar-refractivity contribution < 1.29 is 14.1 Å². The van der Waals surface area contributed by atoms with Crippen LogP contribution in [0.4, 0.5) is 10.1 Å². The van der Waals surface area contributed by atoms with Crippen LogP contribution in [0, 0.1) is 15.9 Å². The molecule has 98 valence electrons. The Labute approximate surface area is 117 Å². The summed E-state index contributed by atoms with van der Waals surface area (Å²) in [4.78, 5) is 10.1. The van der Waals surface area contributed by atoms with Crippen LogP contribution in [-0.4, -0.2) is 4.92 Å². The van der Waals surface area contributed by atoms with Crippen LogP contribution in [0.15, 0.2) is 46.9 Å². The third kappa shape index (κ3) is 3.51. The van der Waals surface area contributed by atoms with Gasteiger partial charge in [0.15, 0.2) is 0 Å². The van der Waals surface area contributed by atoms with E-state index in [0.717, 1.165) is 4.47 Å². The summed E-state index contributed by atoms with van der Waals surface area (Å²) in [5.41, 5.74) is 0.313. The molecule has 2 rings (SSSR count). The molecule has 0 bridgehead atoms. The van der Waals surface area contributed by atoms with Gasteiger partial charge in [0.25, 0.3) is 5.69 Å². The molecule has 0 fully saturated rings. The van der Waals surface area contributed by atoms with Gasteiger partial charge in [-0.05, 0) is 24.3 Å². The lowest BCUT2D eigenvalue weighted by Crippen LogP contribution is -1.99. The second-order valence-corrected chi connectivity index (χ2v) is 4.69. The average Bonchev–Trinajstić information content (AvgIpc) is 2.40. The highest BCUT2D eigenvalue weighted by atomic mass is 79.9. The van der Waals surface area contributed by atoms with Crippen molar-refractivity contribution in [3.05, 3.63) is 68.4 Å². The van der Waals surface area contributed by atoms with Gasteiger partial charge in [0.05, 0.1) is 11.0 Å². The first kappa shape index (κ1) is 13.5. The molecule has 0 aromatic heterocycles. The fourth-order valence-corrected chi connectivity index (χ4v) is 1.91. The van der Waals surface area contributed by atoms with Crippen molar-refractivity contribution in [2.75, 3.05) is 0 Å². The minimum absolute atomic E-state index is 0.00639. The first-order chi connectivity index (χ1) is 9.06. The Morgan fingerprint density at radius 1 is 1.26 bits per heavy atom. The Bertz CT molecular complexity index is 619. The van der Waals surface area contributed by atoms with Crippen LogP contribution in [0.1, 0.15) is 5.56 Å². The Hall–Kier alpha value is -1.95. The third-order valence-corrected chi connectivity index (χ3v) is 2.92. The maximum absolute atomic E-state index is 13.5. The van der Waals surface area contributed by atoms with Gasteiger partial charge in [-0.1, -0.05) is 22.0 Å². The first-order valence-electron chi connectivity index (χ1n) is 5.37. The fraction of sp³-hybridized carbons (Fsp3) is 0.0769. The normalized spacial score (nSPS) is 10.2. The number of rotatable bonds is 4. The minimum Gasteiger partial charge on any atom is -0.489 e. The van der Waals surface area contributed by atoms with Crippen LogP contribution >= 0.6 is 15.9 Å². The molecule has 0 N–H and O–H groups in total. The van der Waals surface area contributed by atoms with E-state index in [-0.39, 0.29) is 18.1 Å². The zero-order valence-corrected chi connectivity index (χ0v) is 11.3. The molecule has 4 nitrogen and oxygen atoms in total. The number of nitro groups is 1. The van der Waals surface area contributed by atoms with E-state index in [2.05, 4.69) is 15.9 Å². The van der Waals surface area contributed by atoms with Crippen molar-refractivity contribution in [1.82, 2.24) is 0 Å². The molecule has 0 aliphatic rings. The van der Waals surface area contributed by atoms with Crippen molar-refractivity contribution >= 4 is 21.6 Å². The lowest BCUT2D eigenvalue weighted by atomic mass is 10.2. The molecule has 0 amide bonds. The van der Waals surface area contributed by atoms with Gasteiger partial charge >= 0.3 is 0 Å². The zero-order chi connectivity index (χ0) is 13.8. The molecule has 0 heterocycles. The van der Waals surface area contributed by atoms with Gasteiger partial charge in [0.1, 0.15) is 18.2 Å². The first-order valence-corrected chi connectivity index (χ1v) is 6.17. The standard InChI is InChI=1S/C13H9BrFNO3/c14-10-4-5-13(15)9(6-10)8-19-12-3-1-2-11(7-12)16(17)18/h1-7H,8H2. The number of nitro benzene ring substituents is 1. The quantitative estimate of drug-likeness (QED) is 0.628. The zero-order valence-electron chi connectivity index (χ0n) is 9.68. The van der Waals surface area contributed by atoms with Crippen LogP contribution in [0.3, 0.4) is 0 Å². The largest absolute Gasteiger partial charge is 0.489 e. The number of non-ortho nitro benzene ring substituents is 1. The number of hydrogen-bond donors (Lipinski definition) is 0. The summed E-state index contributed by atoms with van der Waals surface area (Å²) in [5, 5.41) is 10.6. The molecule has 0 unspecified atom stereocenters. The van der Waals surface area contributed by atoms with E-state index in [1.54, 1.807) is 18.2 Å². The van der Waals surface area contributed by atoms with Crippen LogP contribution in [0.5, 0.6) is 5.75 Å². The maximum Gasteiger partial charge on any atom is 0.273 e. The number of ether oxygens (including phenoxy) is 1. The van der Waals surface area contributed by atoms with E-state index in [1.807, 2.05) is 0 Å². The molecule has 2 aromatic rings. The van der Waals surface area contributed by atoms with E-state index < -0.39 is 4.92 Å². The highest BCUT2D eigenvalue weighted by Gasteiger charge is 2.08. The highest BCUT2D eigenvalue weighted by Crippen LogP contribution is 2.21. The highest BCUT2D eigenvalue weighted by molar-refractivity contribution is 9.10. The fourth-order valence-electron chi connectivity index (χ4n) is 1.50. The SMILES string of the molecule is O=[N+]([O-])c1cccc(OCc2cc(Br)ccc2F)c1. The summed E-state index contributed by atoms with van der Waals surface area (Å²) >= 11 is 3.24. The van der Waals surface area contributed by atoms with Crippen molar-refractivity contribution in [1.29, 1.82) is 0 Å². The smallest absolute Gasteiger partial charge is 0.273 e. The molecule has 0 atom stereocenters. The predicted molar refractivity (Wildman–Crippen MR) is 71.5 cm³/mol. The summed E-state index contributed by atoms with van der Waals surface area (Å²) in [6, 6.07) is 10.3. The van der Waals surface area contributed by atoms with Gasteiger partial charge in [0, 0.05) is 16.1 Å². The van der Waals surface area contributed by atoms with Crippen LogP contribution in [0.2, 0.25) is 0 Å². The Morgan fingerprint density at radius 2 is 2.05 bits per heavy atom. The molecule has 0 aliphatic heterocycles. The molecule has 0 saturated carbocycles. The van der Waals surface area contributed by atoms with Crippen molar-refractivity contribution in [3.63, 3.8) is 0 Å². The van der Waals surface area contributed by atoms with Gasteiger partial charge in [-0.25, -0.2) is 4.39 Å². The van der Waals surface area contributed by atoms with E-state index in [1.165, 1.54) is 24.3 Å². The Balaban J connectivity index is 2.12. The number of hydrogen-bond acceptors (Lipinski definition) is 3. The van der Waals surface area contributed by atoms with Gasteiger partial charge in [-0.3, -0.25) is 10.1 Å². The summed E-state index contributed by atoms with van der Waals surface area (Å²) in [5.74, 6) is -0.0535. The second kappa shape index (κ2) is 5.79. The molecular weight excluding hydrogens is 317 g/mol. The molecule has 19 heavy (non-hydrogen) atoms. The molecule has 0 radical (unpaired) electrons. The lowest BCUT2D eigenvalue weighted by Gasteiger charge is -2.07. The van der Waals surface area contributed by atoms with E-state index >= 15 is 0 Å². The second-order valence-electron chi connectivity index (χ2n) is 3.78. The summed E-state index contributed by atoms with van der Waals surface area (Å²) in [7, 11) is 0. The monoisotopic (exact) mass is 325 g/mol. The van der Waals surface area contributed by atoms with Crippen molar-refractivity contribution in [2.24, 2.45) is 0 Å². The van der Waals surface area contributed by atoms with Crippen LogP contribution in [-0.2, 0) is 6.61 Å². The topological polar surface area (TPSA) is 52.4 Å². The number of nitrogens with zero attached hydrogens (tertiary/aromatic N) is 1. The molecule has 0 aliphatic carbocycles. The number of halogens is 2. The summed E-state index contributed by atoms with van der Waals surface area (Å²) in [6.07, 6.45) is 0. The molecular formula is C13H9BrFNO3. The average molecular weight is 326 g/mol. The number of benzene rings is 2. The third-order valence-electron chi connectivity index (χ3n) is 2.43. The van der Waals surface area contributed by atoms with Gasteiger partial charge < -0.3 is 4.74 Å². The molecule has 2 aromatic carbocycles. The van der Waals surface area contributed by atoms with Crippen LogP contribution in [0.25, 0.3) is 0 Å². The van der Waals surface area contributed by atoms with Crippen LogP contribution < -0.4 is 4.74 Å². The Kier molecular flexibility index (Phi) is 4.11. The molecule has 0 saturated heterocycles. The summed E-state index contributed by atoms with van der Waals surface area (Å²) < 4.78 is 19.6. The van der Waals surface area contributed by atoms with E-state index in [0.29, 0.717) is 11.3 Å². The van der Waals surface area contributed by atoms with E-state index in [9.17, 15) is 14.5 Å².